The molecule has 0 amide bonds. The minimum Gasteiger partial charge on any atom is -0.465 e. The van der Waals surface area contributed by atoms with Crippen molar-refractivity contribution in [1.82, 2.24) is 5.32 Å². The number of ether oxygens (including phenoxy) is 3. The third-order valence-electron chi connectivity index (χ3n) is 2.11. The Hall–Kier alpha value is -0.650. The fourth-order valence-corrected chi connectivity index (χ4v) is 1.39. The quantitative estimate of drug-likeness (QED) is 0.449. The first-order chi connectivity index (χ1) is 8.61. The molecule has 5 heteroatoms. The van der Waals surface area contributed by atoms with Gasteiger partial charge in [-0.05, 0) is 13.3 Å². The van der Waals surface area contributed by atoms with Gasteiger partial charge in [-0.1, -0.05) is 20.8 Å². The van der Waals surface area contributed by atoms with Gasteiger partial charge in [-0.15, -0.1) is 0 Å². The van der Waals surface area contributed by atoms with Crippen molar-refractivity contribution >= 4 is 5.97 Å². The molecule has 1 N–H and O–H groups in total. The molecule has 0 heterocycles. The van der Waals surface area contributed by atoms with Gasteiger partial charge in [-0.25, -0.2) is 0 Å². The van der Waals surface area contributed by atoms with E-state index in [2.05, 4.69) is 12.2 Å². The van der Waals surface area contributed by atoms with E-state index in [-0.39, 0.29) is 12.0 Å². The van der Waals surface area contributed by atoms with Gasteiger partial charge in [0.05, 0.1) is 26.4 Å². The topological polar surface area (TPSA) is 56.8 Å². The Kier molecular flexibility index (Phi) is 11.0. The van der Waals surface area contributed by atoms with Crippen LogP contribution >= 0.6 is 0 Å². The summed E-state index contributed by atoms with van der Waals surface area (Å²) in [5, 5.41) is 3.13. The van der Waals surface area contributed by atoms with Crippen LogP contribution in [0.15, 0.2) is 0 Å². The monoisotopic (exact) mass is 261 g/mol. The lowest BCUT2D eigenvalue weighted by Gasteiger charge is -2.19. The second kappa shape index (κ2) is 11.4. The number of esters is 1. The summed E-state index contributed by atoms with van der Waals surface area (Å²) < 4.78 is 15.7. The molecule has 0 rings (SSSR count). The maximum absolute atomic E-state index is 11.6. The summed E-state index contributed by atoms with van der Waals surface area (Å²) in [5.41, 5.74) is 0. The van der Waals surface area contributed by atoms with E-state index in [0.717, 1.165) is 13.0 Å². The van der Waals surface area contributed by atoms with E-state index in [9.17, 15) is 4.79 Å². The van der Waals surface area contributed by atoms with E-state index >= 15 is 0 Å². The molecule has 108 valence electrons. The van der Waals surface area contributed by atoms with Crippen molar-refractivity contribution in [3.05, 3.63) is 0 Å². The van der Waals surface area contributed by atoms with Crippen molar-refractivity contribution in [1.29, 1.82) is 0 Å². The maximum atomic E-state index is 11.6. The van der Waals surface area contributed by atoms with Crippen LogP contribution in [-0.2, 0) is 19.0 Å². The predicted octanol–water partition coefficient (Wildman–Crippen LogP) is 1.36. The normalized spacial score (nSPS) is 12.7. The average molecular weight is 261 g/mol. The fraction of sp³-hybridized carbons (Fsp3) is 0.923. The molecule has 0 aromatic carbocycles. The number of hydrogen-bond acceptors (Lipinski definition) is 5. The summed E-state index contributed by atoms with van der Waals surface area (Å²) in [7, 11) is 0. The zero-order chi connectivity index (χ0) is 13.8. The molecule has 0 aromatic heterocycles. The van der Waals surface area contributed by atoms with E-state index < -0.39 is 6.04 Å². The Morgan fingerprint density at radius 1 is 1.11 bits per heavy atom. The molecule has 1 atom stereocenters. The Balaban J connectivity index is 3.82. The molecule has 0 aromatic rings. The maximum Gasteiger partial charge on any atom is 0.325 e. The molecule has 1 unspecified atom stereocenters. The van der Waals surface area contributed by atoms with Crippen LogP contribution in [0.1, 0.15) is 34.1 Å². The van der Waals surface area contributed by atoms with Gasteiger partial charge in [0.2, 0.25) is 0 Å². The molecular formula is C13H27NO4. The molecule has 0 aliphatic rings. The Morgan fingerprint density at radius 2 is 1.78 bits per heavy atom. The van der Waals surface area contributed by atoms with Crippen LogP contribution in [0.3, 0.4) is 0 Å². The van der Waals surface area contributed by atoms with E-state index in [0.29, 0.717) is 26.4 Å². The van der Waals surface area contributed by atoms with E-state index in [1.54, 1.807) is 6.92 Å². The average Bonchev–Trinajstić information content (AvgIpc) is 2.32. The van der Waals surface area contributed by atoms with Gasteiger partial charge < -0.3 is 19.5 Å². The van der Waals surface area contributed by atoms with Crippen LogP contribution < -0.4 is 5.32 Å². The zero-order valence-corrected chi connectivity index (χ0v) is 12.0. The lowest BCUT2D eigenvalue weighted by molar-refractivity contribution is -0.147. The largest absolute Gasteiger partial charge is 0.465 e. The van der Waals surface area contributed by atoms with Gasteiger partial charge in [0.1, 0.15) is 6.04 Å². The minimum absolute atomic E-state index is 0.208. The Bertz CT molecular complexity index is 209. The molecule has 0 aliphatic carbocycles. The summed E-state index contributed by atoms with van der Waals surface area (Å²) in [5.74, 6) is -0.263. The van der Waals surface area contributed by atoms with Crippen LogP contribution in [0, 0.1) is 0 Å². The molecule has 0 radical (unpaired) electrons. The number of hydrogen-bond donors (Lipinski definition) is 1. The molecule has 0 saturated heterocycles. The predicted molar refractivity (Wildman–Crippen MR) is 70.6 cm³/mol. The van der Waals surface area contributed by atoms with Gasteiger partial charge >= 0.3 is 5.97 Å². The highest BCUT2D eigenvalue weighted by molar-refractivity contribution is 5.75. The highest BCUT2D eigenvalue weighted by atomic mass is 16.5. The van der Waals surface area contributed by atoms with Gasteiger partial charge in [-0.2, -0.15) is 0 Å². The smallest absolute Gasteiger partial charge is 0.325 e. The van der Waals surface area contributed by atoms with Gasteiger partial charge in [-0.3, -0.25) is 4.79 Å². The number of carbonyl (C=O) groups excluding carboxylic acids is 1. The summed E-state index contributed by atoms with van der Waals surface area (Å²) in [6, 6.07) is -0.199. The van der Waals surface area contributed by atoms with Gasteiger partial charge in [0.25, 0.3) is 0 Å². The molecule has 0 saturated carbocycles. The minimum atomic E-state index is -0.406. The third-order valence-corrected chi connectivity index (χ3v) is 2.11. The molecule has 0 fully saturated rings. The van der Waals surface area contributed by atoms with Crippen molar-refractivity contribution in [2.24, 2.45) is 0 Å². The van der Waals surface area contributed by atoms with Crippen LogP contribution in [-0.4, -0.2) is 51.1 Å². The third kappa shape index (κ3) is 9.39. The lowest BCUT2D eigenvalue weighted by atomic mass is 10.2. The SMILES string of the molecule is CCCOCCOCC(NC(C)C)C(=O)OCC. The van der Waals surface area contributed by atoms with E-state index in [4.69, 9.17) is 14.2 Å². The highest BCUT2D eigenvalue weighted by Crippen LogP contribution is 1.95. The second-order valence-electron chi connectivity index (χ2n) is 4.31. The number of rotatable bonds is 11. The van der Waals surface area contributed by atoms with Crippen molar-refractivity contribution in [3.8, 4) is 0 Å². The number of carbonyl (C=O) groups is 1. The van der Waals surface area contributed by atoms with E-state index in [1.165, 1.54) is 0 Å². The standard InChI is InChI=1S/C13H27NO4/c1-5-7-16-8-9-17-10-12(14-11(3)4)13(15)18-6-2/h11-12,14H,5-10H2,1-4H3. The van der Waals surface area contributed by atoms with Crippen LogP contribution in [0.2, 0.25) is 0 Å². The number of nitrogens with one attached hydrogen (secondary N) is 1. The van der Waals surface area contributed by atoms with Crippen LogP contribution in [0.5, 0.6) is 0 Å². The first-order valence-corrected chi connectivity index (χ1v) is 6.69. The zero-order valence-electron chi connectivity index (χ0n) is 12.0. The molecule has 0 bridgehead atoms. The van der Waals surface area contributed by atoms with Crippen molar-refractivity contribution in [2.45, 2.75) is 46.2 Å². The van der Waals surface area contributed by atoms with Crippen molar-refractivity contribution in [2.75, 3.05) is 33.0 Å². The molecule has 18 heavy (non-hydrogen) atoms. The Labute approximate surface area is 110 Å². The fourth-order valence-electron chi connectivity index (χ4n) is 1.39. The van der Waals surface area contributed by atoms with Crippen LogP contribution in [0.25, 0.3) is 0 Å². The van der Waals surface area contributed by atoms with Gasteiger partial charge in [0.15, 0.2) is 0 Å². The summed E-state index contributed by atoms with van der Waals surface area (Å²) in [4.78, 5) is 11.6. The molecule has 0 spiro atoms. The van der Waals surface area contributed by atoms with Crippen LogP contribution in [0.4, 0.5) is 0 Å². The molecular weight excluding hydrogens is 234 g/mol. The second-order valence-corrected chi connectivity index (χ2v) is 4.31. The Morgan fingerprint density at radius 3 is 2.33 bits per heavy atom. The first-order valence-electron chi connectivity index (χ1n) is 6.69. The molecule has 5 nitrogen and oxygen atoms in total. The summed E-state index contributed by atoms with van der Waals surface area (Å²) >= 11 is 0. The lowest BCUT2D eigenvalue weighted by Crippen LogP contribution is -2.45. The summed E-state index contributed by atoms with van der Waals surface area (Å²) in [6.07, 6.45) is 1.00. The van der Waals surface area contributed by atoms with Gasteiger partial charge in [0, 0.05) is 12.6 Å². The summed E-state index contributed by atoms with van der Waals surface area (Å²) in [6.45, 7) is 10.3. The first kappa shape index (κ1) is 17.4. The highest BCUT2D eigenvalue weighted by Gasteiger charge is 2.20. The molecule has 0 aliphatic heterocycles. The van der Waals surface area contributed by atoms with Crippen molar-refractivity contribution < 1.29 is 19.0 Å². The van der Waals surface area contributed by atoms with Crippen molar-refractivity contribution in [3.63, 3.8) is 0 Å². The van der Waals surface area contributed by atoms with E-state index in [1.807, 2.05) is 13.8 Å².